The van der Waals surface area contributed by atoms with Gasteiger partial charge in [-0.15, -0.1) is 0 Å². The van der Waals surface area contributed by atoms with Crippen molar-refractivity contribution in [1.82, 2.24) is 24.8 Å². The van der Waals surface area contributed by atoms with Crippen LogP contribution in [0.5, 0.6) is 0 Å². The first-order chi connectivity index (χ1) is 14.1. The van der Waals surface area contributed by atoms with Crippen LogP contribution in [0.4, 0.5) is 0 Å². The van der Waals surface area contributed by atoms with Gasteiger partial charge in [0.1, 0.15) is 0 Å². The molecule has 1 N–H and O–H groups in total. The van der Waals surface area contributed by atoms with Crippen molar-refractivity contribution >= 4 is 17.1 Å². The summed E-state index contributed by atoms with van der Waals surface area (Å²) in [6.07, 6.45) is 2.72. The first-order valence-corrected chi connectivity index (χ1v) is 9.97. The van der Waals surface area contributed by atoms with E-state index in [2.05, 4.69) is 20.2 Å². The summed E-state index contributed by atoms with van der Waals surface area (Å²) < 4.78 is 7.76. The lowest BCUT2D eigenvalue weighted by Gasteiger charge is -2.46. The molecule has 150 valence electrons. The van der Waals surface area contributed by atoms with E-state index in [1.165, 1.54) is 6.92 Å². The standard InChI is InChI=1S/C21H23N5O3/c1-13(27)23-9-17-15-8-14(16-4-2-6-20(28)26(16)17)10-25(11-15)12-19-24-21-18(29-19)5-3-7-22-21/h2-7,14-15,17H,8-12H2,1H3,(H,23,27)/t14-,15+,17+/m1/s1. The number of nitrogens with zero attached hydrogens (tertiary/aromatic N) is 4. The third-order valence-electron chi connectivity index (χ3n) is 6.00. The lowest BCUT2D eigenvalue weighted by atomic mass is 9.78. The molecular weight excluding hydrogens is 370 g/mol. The van der Waals surface area contributed by atoms with E-state index in [9.17, 15) is 9.59 Å². The van der Waals surface area contributed by atoms with Crippen molar-refractivity contribution in [2.75, 3.05) is 19.6 Å². The van der Waals surface area contributed by atoms with Gasteiger partial charge >= 0.3 is 0 Å². The van der Waals surface area contributed by atoms with Gasteiger partial charge in [-0.05, 0) is 30.5 Å². The number of pyridine rings is 2. The Kier molecular flexibility index (Phi) is 4.43. The molecule has 29 heavy (non-hydrogen) atoms. The number of fused-ring (bicyclic) bond motifs is 5. The number of hydrogen-bond donors (Lipinski definition) is 1. The zero-order valence-corrected chi connectivity index (χ0v) is 16.2. The van der Waals surface area contributed by atoms with Crippen molar-refractivity contribution in [2.24, 2.45) is 5.92 Å². The number of carbonyl (C=O) groups excluding carboxylic acids is 1. The monoisotopic (exact) mass is 393 g/mol. The Balaban J connectivity index is 1.43. The fourth-order valence-corrected chi connectivity index (χ4v) is 4.85. The van der Waals surface area contributed by atoms with Gasteiger partial charge in [-0.1, -0.05) is 6.07 Å². The van der Waals surface area contributed by atoms with Crippen molar-refractivity contribution in [2.45, 2.75) is 31.8 Å². The Bertz CT molecular complexity index is 1090. The quantitative estimate of drug-likeness (QED) is 0.725. The molecule has 0 radical (unpaired) electrons. The van der Waals surface area contributed by atoms with E-state index >= 15 is 0 Å². The van der Waals surface area contributed by atoms with Crippen LogP contribution >= 0.6 is 0 Å². The highest BCUT2D eigenvalue weighted by atomic mass is 16.3. The normalized spacial score (nSPS) is 23.7. The van der Waals surface area contributed by atoms with Crippen LogP contribution < -0.4 is 10.9 Å². The Morgan fingerprint density at radius 1 is 1.28 bits per heavy atom. The van der Waals surface area contributed by atoms with Gasteiger partial charge in [0.15, 0.2) is 11.2 Å². The van der Waals surface area contributed by atoms with Crippen LogP contribution in [0.2, 0.25) is 0 Å². The summed E-state index contributed by atoms with van der Waals surface area (Å²) in [5.74, 6) is 1.13. The summed E-state index contributed by atoms with van der Waals surface area (Å²) in [5.41, 5.74) is 2.37. The molecule has 0 saturated carbocycles. The van der Waals surface area contributed by atoms with E-state index in [1.54, 1.807) is 12.3 Å². The van der Waals surface area contributed by atoms with E-state index < -0.39 is 0 Å². The summed E-state index contributed by atoms with van der Waals surface area (Å²) in [4.78, 5) is 35.2. The van der Waals surface area contributed by atoms with Gasteiger partial charge in [-0.25, -0.2) is 4.98 Å². The molecule has 5 rings (SSSR count). The predicted octanol–water partition coefficient (Wildman–Crippen LogP) is 1.68. The molecule has 1 amide bonds. The van der Waals surface area contributed by atoms with Gasteiger partial charge in [-0.3, -0.25) is 14.5 Å². The average molecular weight is 393 g/mol. The zero-order valence-electron chi connectivity index (χ0n) is 16.2. The second kappa shape index (κ2) is 7.11. The Hall–Kier alpha value is -3.00. The first kappa shape index (κ1) is 18.1. The van der Waals surface area contributed by atoms with Gasteiger partial charge in [0, 0.05) is 50.4 Å². The molecule has 1 saturated heterocycles. The van der Waals surface area contributed by atoms with Gasteiger partial charge in [-0.2, -0.15) is 4.98 Å². The van der Waals surface area contributed by atoms with Gasteiger partial charge < -0.3 is 14.3 Å². The molecule has 2 bridgehead atoms. The molecule has 2 aliphatic heterocycles. The Labute approximate surface area is 167 Å². The molecule has 2 aliphatic rings. The first-order valence-electron chi connectivity index (χ1n) is 9.97. The SMILES string of the molecule is CC(=O)NC[C@H]1[C@H]2C[C@H](CN(Cc3nc4ncccc4o3)C2)c2cccc(=O)n21. The molecule has 0 spiro atoms. The van der Waals surface area contributed by atoms with E-state index in [4.69, 9.17) is 4.42 Å². The Morgan fingerprint density at radius 2 is 2.17 bits per heavy atom. The lowest BCUT2D eigenvalue weighted by molar-refractivity contribution is -0.119. The largest absolute Gasteiger partial charge is 0.438 e. The number of nitrogens with one attached hydrogen (secondary N) is 1. The number of oxazole rings is 1. The predicted molar refractivity (Wildman–Crippen MR) is 106 cm³/mol. The van der Waals surface area contributed by atoms with Crippen molar-refractivity contribution in [3.63, 3.8) is 0 Å². The third-order valence-corrected chi connectivity index (χ3v) is 6.00. The molecule has 1 fully saturated rings. The molecule has 8 heteroatoms. The maximum absolute atomic E-state index is 12.6. The van der Waals surface area contributed by atoms with Crippen LogP contribution in [0.15, 0.2) is 45.7 Å². The topological polar surface area (TPSA) is 93.3 Å². The highest BCUT2D eigenvalue weighted by Crippen LogP contribution is 2.41. The van der Waals surface area contributed by atoms with Crippen LogP contribution in [0.3, 0.4) is 0 Å². The summed E-state index contributed by atoms with van der Waals surface area (Å²) in [7, 11) is 0. The summed E-state index contributed by atoms with van der Waals surface area (Å²) >= 11 is 0. The van der Waals surface area contributed by atoms with E-state index in [1.807, 2.05) is 28.8 Å². The smallest absolute Gasteiger partial charge is 0.251 e. The molecule has 3 aromatic rings. The molecule has 3 atom stereocenters. The number of carbonyl (C=O) groups is 1. The zero-order chi connectivity index (χ0) is 20.0. The van der Waals surface area contributed by atoms with E-state index in [0.717, 1.165) is 25.2 Å². The van der Waals surface area contributed by atoms with Crippen LogP contribution in [-0.2, 0) is 11.3 Å². The molecule has 5 heterocycles. The molecule has 0 aliphatic carbocycles. The lowest BCUT2D eigenvalue weighted by Crippen LogP contribution is -2.51. The fraction of sp³-hybridized carbons (Fsp3) is 0.429. The summed E-state index contributed by atoms with van der Waals surface area (Å²) in [6.45, 7) is 4.25. The van der Waals surface area contributed by atoms with E-state index in [-0.39, 0.29) is 29.3 Å². The second-order valence-corrected chi connectivity index (χ2v) is 7.98. The number of amides is 1. The number of hydrogen-bond acceptors (Lipinski definition) is 6. The Morgan fingerprint density at radius 3 is 3.00 bits per heavy atom. The average Bonchev–Trinajstić information content (AvgIpc) is 3.10. The molecule has 3 aromatic heterocycles. The molecule has 8 nitrogen and oxygen atoms in total. The van der Waals surface area contributed by atoms with Crippen molar-refractivity contribution in [3.05, 3.63) is 58.5 Å². The number of aromatic nitrogens is 3. The van der Waals surface area contributed by atoms with Crippen LogP contribution in [-0.4, -0.2) is 45.0 Å². The van der Waals surface area contributed by atoms with Gasteiger partial charge in [0.25, 0.3) is 5.56 Å². The second-order valence-electron chi connectivity index (χ2n) is 7.98. The van der Waals surface area contributed by atoms with Crippen molar-refractivity contribution in [1.29, 1.82) is 0 Å². The number of piperidine rings is 1. The summed E-state index contributed by atoms with van der Waals surface area (Å²) in [6, 6.07) is 9.13. The highest BCUT2D eigenvalue weighted by molar-refractivity contribution is 5.72. The molecule has 0 unspecified atom stereocenters. The number of likely N-dealkylation sites (tertiary alicyclic amines) is 1. The highest BCUT2D eigenvalue weighted by Gasteiger charge is 2.40. The van der Waals surface area contributed by atoms with Crippen molar-refractivity contribution < 1.29 is 9.21 Å². The minimum absolute atomic E-state index is 0.00558. The van der Waals surface area contributed by atoms with Crippen LogP contribution in [0.25, 0.3) is 11.2 Å². The molecule has 0 aromatic carbocycles. The number of rotatable bonds is 4. The van der Waals surface area contributed by atoms with Gasteiger partial charge in [0.05, 0.1) is 12.6 Å². The fourth-order valence-electron chi connectivity index (χ4n) is 4.85. The van der Waals surface area contributed by atoms with Crippen molar-refractivity contribution in [3.8, 4) is 0 Å². The van der Waals surface area contributed by atoms with Crippen LogP contribution in [0, 0.1) is 5.92 Å². The third kappa shape index (κ3) is 3.33. The summed E-state index contributed by atoms with van der Waals surface area (Å²) in [5, 5.41) is 2.91. The minimum Gasteiger partial charge on any atom is -0.438 e. The van der Waals surface area contributed by atoms with E-state index in [0.29, 0.717) is 30.2 Å². The maximum Gasteiger partial charge on any atom is 0.251 e. The van der Waals surface area contributed by atoms with Crippen LogP contribution in [0.1, 0.15) is 36.9 Å². The molecular formula is C21H23N5O3. The van der Waals surface area contributed by atoms with Gasteiger partial charge in [0.2, 0.25) is 11.8 Å². The minimum atomic E-state index is -0.0794. The maximum atomic E-state index is 12.6.